The van der Waals surface area contributed by atoms with Gasteiger partial charge in [-0.15, -0.1) is 0 Å². The Balaban J connectivity index is 2.36. The first-order chi connectivity index (χ1) is 12.2. The van der Waals surface area contributed by atoms with Crippen LogP contribution in [0, 0.1) is 11.3 Å². The van der Waals surface area contributed by atoms with Gasteiger partial charge < -0.3 is 5.32 Å². The van der Waals surface area contributed by atoms with Gasteiger partial charge in [-0.2, -0.15) is 5.26 Å². The minimum Gasteiger partial charge on any atom is -0.322 e. The second-order valence-electron chi connectivity index (χ2n) is 5.54. The van der Waals surface area contributed by atoms with E-state index in [-0.39, 0.29) is 26.9 Å². The van der Waals surface area contributed by atoms with E-state index in [9.17, 15) is 13.2 Å². The van der Waals surface area contributed by atoms with Crippen molar-refractivity contribution >= 4 is 44.8 Å². The zero-order chi connectivity index (χ0) is 19.5. The summed E-state index contributed by atoms with van der Waals surface area (Å²) < 4.78 is 25.7. The van der Waals surface area contributed by atoms with Crippen molar-refractivity contribution in [1.29, 1.82) is 5.26 Å². The monoisotopic (exact) mass is 411 g/mol. The maximum absolute atomic E-state index is 12.5. The number of halogens is 2. The zero-order valence-corrected chi connectivity index (χ0v) is 16.3. The molecular formula is C17H15Cl2N3O3S. The highest BCUT2D eigenvalue weighted by molar-refractivity contribution is 7.89. The Hall–Kier alpha value is -2.11. The number of nitrogens with zero attached hydrogens (tertiary/aromatic N) is 2. The number of amides is 1. The Kier molecular flexibility index (Phi) is 6.26. The number of benzene rings is 2. The van der Waals surface area contributed by atoms with Crippen LogP contribution in [0.1, 0.15) is 15.9 Å². The van der Waals surface area contributed by atoms with Crippen LogP contribution in [0.4, 0.5) is 5.69 Å². The summed E-state index contributed by atoms with van der Waals surface area (Å²) in [6, 6.07) is 11.1. The molecule has 0 bridgehead atoms. The summed E-state index contributed by atoms with van der Waals surface area (Å²) >= 11 is 12.1. The van der Waals surface area contributed by atoms with Crippen molar-refractivity contribution in [2.75, 3.05) is 19.4 Å². The van der Waals surface area contributed by atoms with E-state index in [4.69, 9.17) is 28.5 Å². The summed E-state index contributed by atoms with van der Waals surface area (Å²) in [7, 11) is -1.11. The van der Waals surface area contributed by atoms with Crippen molar-refractivity contribution in [3.63, 3.8) is 0 Å². The molecule has 0 saturated heterocycles. The van der Waals surface area contributed by atoms with Crippen molar-refractivity contribution in [2.45, 2.75) is 11.3 Å². The van der Waals surface area contributed by atoms with Gasteiger partial charge in [0.05, 0.1) is 28.1 Å². The second-order valence-corrected chi connectivity index (χ2v) is 8.47. The molecule has 26 heavy (non-hydrogen) atoms. The van der Waals surface area contributed by atoms with Gasteiger partial charge in [-0.3, -0.25) is 4.79 Å². The van der Waals surface area contributed by atoms with Crippen molar-refractivity contribution in [1.82, 2.24) is 4.31 Å². The van der Waals surface area contributed by atoms with Crippen LogP contribution in [0.3, 0.4) is 0 Å². The lowest BCUT2D eigenvalue weighted by atomic mass is 10.1. The molecule has 2 rings (SSSR count). The highest BCUT2D eigenvalue weighted by atomic mass is 35.5. The Bertz CT molecular complexity index is 982. The maximum Gasteiger partial charge on any atom is 0.257 e. The van der Waals surface area contributed by atoms with Gasteiger partial charge in [-0.25, -0.2) is 12.7 Å². The number of sulfonamides is 1. The molecule has 1 N–H and O–H groups in total. The largest absolute Gasteiger partial charge is 0.322 e. The molecule has 0 heterocycles. The molecule has 0 radical (unpaired) electrons. The van der Waals surface area contributed by atoms with Gasteiger partial charge in [0.1, 0.15) is 4.90 Å². The number of carbonyl (C=O) groups excluding carboxylic acids is 1. The highest BCUT2D eigenvalue weighted by Crippen LogP contribution is 2.30. The van der Waals surface area contributed by atoms with Gasteiger partial charge >= 0.3 is 0 Å². The van der Waals surface area contributed by atoms with E-state index in [0.717, 1.165) is 15.9 Å². The fourth-order valence-corrected chi connectivity index (χ4v) is 3.82. The van der Waals surface area contributed by atoms with Crippen LogP contribution in [0.25, 0.3) is 0 Å². The predicted molar refractivity (Wildman–Crippen MR) is 101 cm³/mol. The molecule has 0 fully saturated rings. The third kappa shape index (κ3) is 4.34. The quantitative estimate of drug-likeness (QED) is 0.813. The van der Waals surface area contributed by atoms with Gasteiger partial charge in [0.15, 0.2) is 0 Å². The summed E-state index contributed by atoms with van der Waals surface area (Å²) in [5.41, 5.74) is 1.28. The SMILES string of the molecule is CN(C)S(=O)(=O)c1cc(C(=O)Nc2ccc(CC#N)cc2)c(Cl)cc1Cl. The van der Waals surface area contributed by atoms with E-state index in [1.165, 1.54) is 20.2 Å². The van der Waals surface area contributed by atoms with Gasteiger partial charge in [0.25, 0.3) is 5.91 Å². The summed E-state index contributed by atoms with van der Waals surface area (Å²) in [4.78, 5) is 12.3. The van der Waals surface area contributed by atoms with E-state index in [2.05, 4.69) is 5.32 Å². The van der Waals surface area contributed by atoms with Crippen LogP contribution < -0.4 is 5.32 Å². The van der Waals surface area contributed by atoms with E-state index >= 15 is 0 Å². The van der Waals surface area contributed by atoms with Crippen LogP contribution in [-0.4, -0.2) is 32.7 Å². The Morgan fingerprint density at radius 1 is 1.15 bits per heavy atom. The van der Waals surface area contributed by atoms with Crippen molar-refractivity contribution in [2.24, 2.45) is 0 Å². The molecule has 2 aromatic rings. The zero-order valence-electron chi connectivity index (χ0n) is 14.0. The number of carbonyl (C=O) groups is 1. The first kappa shape index (κ1) is 20.2. The average molecular weight is 412 g/mol. The summed E-state index contributed by atoms with van der Waals surface area (Å²) in [6.07, 6.45) is 0.267. The first-order valence-electron chi connectivity index (χ1n) is 7.35. The number of hydrogen-bond acceptors (Lipinski definition) is 4. The fourth-order valence-electron chi connectivity index (χ4n) is 2.09. The van der Waals surface area contributed by atoms with Crippen molar-refractivity contribution in [3.8, 4) is 6.07 Å². The van der Waals surface area contributed by atoms with E-state index in [1.807, 2.05) is 6.07 Å². The lowest BCUT2D eigenvalue weighted by Gasteiger charge is -2.15. The molecule has 0 unspecified atom stereocenters. The van der Waals surface area contributed by atoms with E-state index in [1.54, 1.807) is 24.3 Å². The molecule has 9 heteroatoms. The second kappa shape index (κ2) is 8.06. The van der Waals surface area contributed by atoms with Gasteiger partial charge in [0.2, 0.25) is 10.0 Å². The van der Waals surface area contributed by atoms with Crippen molar-refractivity contribution < 1.29 is 13.2 Å². The van der Waals surface area contributed by atoms with Gasteiger partial charge in [-0.1, -0.05) is 35.3 Å². The third-order valence-corrected chi connectivity index (χ3v) is 6.11. The minimum absolute atomic E-state index is 0.0161. The van der Waals surface area contributed by atoms with Crippen LogP contribution in [0.2, 0.25) is 10.0 Å². The Labute approximate surface area is 162 Å². The Morgan fingerprint density at radius 2 is 1.77 bits per heavy atom. The molecule has 0 aliphatic heterocycles. The molecule has 0 saturated carbocycles. The summed E-state index contributed by atoms with van der Waals surface area (Å²) in [5, 5.41) is 11.3. The third-order valence-electron chi connectivity index (χ3n) is 3.52. The number of hydrogen-bond donors (Lipinski definition) is 1. The molecule has 0 aliphatic carbocycles. The molecule has 0 aromatic heterocycles. The van der Waals surface area contributed by atoms with Gasteiger partial charge in [0, 0.05) is 19.8 Å². The molecule has 6 nitrogen and oxygen atoms in total. The predicted octanol–water partition coefficient (Wildman–Crippen LogP) is 3.56. The number of anilines is 1. The molecule has 0 spiro atoms. The number of rotatable bonds is 5. The smallest absolute Gasteiger partial charge is 0.257 e. The normalized spacial score (nSPS) is 11.2. The average Bonchev–Trinajstić information content (AvgIpc) is 2.56. The van der Waals surface area contributed by atoms with Crippen LogP contribution in [0.5, 0.6) is 0 Å². The van der Waals surface area contributed by atoms with Crippen molar-refractivity contribution in [3.05, 3.63) is 57.6 Å². The molecule has 136 valence electrons. The van der Waals surface area contributed by atoms with E-state index < -0.39 is 15.9 Å². The Morgan fingerprint density at radius 3 is 2.31 bits per heavy atom. The summed E-state index contributed by atoms with van der Waals surface area (Å²) in [5.74, 6) is -0.574. The molecule has 1 amide bonds. The minimum atomic E-state index is -3.83. The molecule has 2 aromatic carbocycles. The van der Waals surface area contributed by atoms with Gasteiger partial charge in [-0.05, 0) is 29.8 Å². The lowest BCUT2D eigenvalue weighted by Crippen LogP contribution is -2.23. The maximum atomic E-state index is 12.5. The molecule has 0 atom stereocenters. The van der Waals surface area contributed by atoms with E-state index in [0.29, 0.717) is 5.69 Å². The first-order valence-corrected chi connectivity index (χ1v) is 9.55. The summed E-state index contributed by atoms with van der Waals surface area (Å²) in [6.45, 7) is 0. The molecular weight excluding hydrogens is 397 g/mol. The van der Waals surface area contributed by atoms with Crippen LogP contribution in [-0.2, 0) is 16.4 Å². The lowest BCUT2D eigenvalue weighted by molar-refractivity contribution is 0.102. The van der Waals surface area contributed by atoms with Crippen LogP contribution >= 0.6 is 23.2 Å². The van der Waals surface area contributed by atoms with Crippen LogP contribution in [0.15, 0.2) is 41.3 Å². The standard InChI is InChI=1S/C17H15Cl2N3O3S/c1-22(2)26(24,25)16-9-13(14(18)10-15(16)19)17(23)21-12-5-3-11(4-6-12)7-8-20/h3-6,9-10H,7H2,1-2H3,(H,21,23). The molecule has 0 aliphatic rings. The number of nitrogens with one attached hydrogen (secondary N) is 1. The highest BCUT2D eigenvalue weighted by Gasteiger charge is 2.24. The topological polar surface area (TPSA) is 90.3 Å². The number of nitriles is 1. The fraction of sp³-hybridized carbons (Fsp3) is 0.176.